The van der Waals surface area contributed by atoms with Gasteiger partial charge < -0.3 is 15.0 Å². The fourth-order valence-corrected chi connectivity index (χ4v) is 3.66. The lowest BCUT2D eigenvalue weighted by atomic mass is 9.91. The van der Waals surface area contributed by atoms with Crippen molar-refractivity contribution in [2.24, 2.45) is 5.10 Å². The molecule has 0 saturated carbocycles. The van der Waals surface area contributed by atoms with Gasteiger partial charge in [0.05, 0.1) is 18.7 Å². The summed E-state index contributed by atoms with van der Waals surface area (Å²) in [6.07, 6.45) is 2.12. The van der Waals surface area contributed by atoms with Crippen molar-refractivity contribution in [3.8, 4) is 5.75 Å². The summed E-state index contributed by atoms with van der Waals surface area (Å²) < 4.78 is 6.25. The lowest BCUT2D eigenvalue weighted by Gasteiger charge is -2.42. The van der Waals surface area contributed by atoms with Gasteiger partial charge in [0.2, 0.25) is 5.91 Å². The lowest BCUT2D eigenvalue weighted by molar-refractivity contribution is -0.129. The van der Waals surface area contributed by atoms with E-state index < -0.39 is 5.60 Å². The molecule has 3 heterocycles. The van der Waals surface area contributed by atoms with Crippen LogP contribution in [0.25, 0.3) is 0 Å². The number of carbonyl (C=O) groups is 3. The van der Waals surface area contributed by atoms with Crippen molar-refractivity contribution >= 4 is 23.4 Å². The molecule has 1 saturated heterocycles. The van der Waals surface area contributed by atoms with Gasteiger partial charge in [0.15, 0.2) is 0 Å². The first-order chi connectivity index (χ1) is 12.6. The Morgan fingerprint density at radius 2 is 2.08 bits per heavy atom. The van der Waals surface area contributed by atoms with Crippen LogP contribution in [0.4, 0.5) is 0 Å². The number of carbonyl (C=O) groups excluding carboxylic acids is 3. The number of hydrogen-bond acceptors (Lipinski definition) is 5. The summed E-state index contributed by atoms with van der Waals surface area (Å²) in [5.74, 6) is 0.0129. The van der Waals surface area contributed by atoms with Crippen LogP contribution < -0.4 is 15.5 Å². The average Bonchev–Trinajstić information content (AvgIpc) is 2.79. The smallest absolute Gasteiger partial charge is 0.270 e. The van der Waals surface area contributed by atoms with Gasteiger partial charge in [-0.1, -0.05) is 12.1 Å². The highest BCUT2D eigenvalue weighted by Gasteiger charge is 2.42. The maximum absolute atomic E-state index is 12.8. The third kappa shape index (κ3) is 3.02. The molecule has 2 N–H and O–H groups in total. The van der Waals surface area contributed by atoms with Crippen molar-refractivity contribution < 1.29 is 19.1 Å². The van der Waals surface area contributed by atoms with E-state index in [-0.39, 0.29) is 24.1 Å². The van der Waals surface area contributed by atoms with Crippen molar-refractivity contribution in [3.63, 3.8) is 0 Å². The van der Waals surface area contributed by atoms with Crippen LogP contribution in [-0.4, -0.2) is 53.6 Å². The molecule has 8 heteroatoms. The second-order valence-corrected chi connectivity index (χ2v) is 6.89. The molecule has 0 unspecified atom stereocenters. The van der Waals surface area contributed by atoms with Crippen molar-refractivity contribution in [1.82, 2.24) is 15.6 Å². The Balaban J connectivity index is 1.55. The number of fused-ring (bicyclic) bond motifs is 1. The van der Waals surface area contributed by atoms with Gasteiger partial charge >= 0.3 is 0 Å². The van der Waals surface area contributed by atoms with Crippen LogP contribution >= 0.6 is 0 Å². The molecule has 0 bridgehead atoms. The Morgan fingerprint density at radius 1 is 1.23 bits per heavy atom. The SMILES string of the molecule is O=C1CCC(C(=O)N2CCC[C@]3(CNC(=O)c4ccccc4O3)C2)=NN1. The summed E-state index contributed by atoms with van der Waals surface area (Å²) in [4.78, 5) is 38.0. The molecule has 8 nitrogen and oxygen atoms in total. The molecule has 1 atom stereocenters. The number of para-hydroxylation sites is 1. The molecule has 1 spiro atoms. The summed E-state index contributed by atoms with van der Waals surface area (Å²) in [6.45, 7) is 1.31. The van der Waals surface area contributed by atoms with Crippen LogP contribution in [0, 0.1) is 0 Å². The molecule has 26 heavy (non-hydrogen) atoms. The first kappa shape index (κ1) is 16.6. The molecular formula is C18H20N4O4. The van der Waals surface area contributed by atoms with E-state index in [4.69, 9.17) is 4.74 Å². The lowest BCUT2D eigenvalue weighted by Crippen LogP contribution is -2.59. The molecule has 0 aliphatic carbocycles. The second-order valence-electron chi connectivity index (χ2n) is 6.89. The van der Waals surface area contributed by atoms with E-state index in [1.807, 2.05) is 6.07 Å². The predicted molar refractivity (Wildman–Crippen MR) is 92.8 cm³/mol. The van der Waals surface area contributed by atoms with E-state index in [1.165, 1.54) is 0 Å². The number of likely N-dealkylation sites (tertiary alicyclic amines) is 1. The van der Waals surface area contributed by atoms with Gasteiger partial charge in [0, 0.05) is 19.4 Å². The Kier molecular flexibility index (Phi) is 4.10. The largest absolute Gasteiger partial charge is 0.483 e. The van der Waals surface area contributed by atoms with Crippen molar-refractivity contribution in [3.05, 3.63) is 29.8 Å². The zero-order chi connectivity index (χ0) is 18.1. The molecule has 0 aromatic heterocycles. The standard InChI is InChI=1S/C18H20N4O4/c23-15-7-6-13(20-21-15)17(25)22-9-3-8-18(11-22)10-19-16(24)12-4-1-2-5-14(12)26-18/h1-2,4-5H,3,6-11H2,(H,19,24)(H,21,23)/t18-/m0/s1. The van der Waals surface area contributed by atoms with E-state index in [1.54, 1.807) is 23.1 Å². The predicted octanol–water partition coefficient (Wildman–Crippen LogP) is 0.436. The second kappa shape index (κ2) is 6.44. The summed E-state index contributed by atoms with van der Waals surface area (Å²) >= 11 is 0. The molecule has 3 aliphatic heterocycles. The van der Waals surface area contributed by atoms with Crippen molar-refractivity contribution in [2.45, 2.75) is 31.3 Å². The van der Waals surface area contributed by atoms with Gasteiger partial charge in [-0.15, -0.1) is 0 Å². The maximum Gasteiger partial charge on any atom is 0.270 e. The summed E-state index contributed by atoms with van der Waals surface area (Å²) in [6, 6.07) is 7.14. The molecule has 3 aliphatic rings. The molecule has 3 amide bonds. The topological polar surface area (TPSA) is 100 Å². The number of hydrogen-bond donors (Lipinski definition) is 2. The summed E-state index contributed by atoms with van der Waals surface area (Å²) in [5.41, 5.74) is 2.57. The minimum Gasteiger partial charge on any atom is -0.483 e. The third-order valence-electron chi connectivity index (χ3n) is 5.01. The van der Waals surface area contributed by atoms with Gasteiger partial charge in [-0.2, -0.15) is 5.10 Å². The fraction of sp³-hybridized carbons (Fsp3) is 0.444. The number of piperidine rings is 1. The number of ether oxygens (including phenoxy) is 1. The van der Waals surface area contributed by atoms with Crippen LogP contribution in [0.5, 0.6) is 5.75 Å². The van der Waals surface area contributed by atoms with Crippen LogP contribution in [0.2, 0.25) is 0 Å². The number of rotatable bonds is 1. The Bertz CT molecular complexity index is 806. The van der Waals surface area contributed by atoms with Gasteiger partial charge in [-0.25, -0.2) is 5.43 Å². The summed E-state index contributed by atoms with van der Waals surface area (Å²) in [7, 11) is 0. The van der Waals surface area contributed by atoms with Gasteiger partial charge in [-0.3, -0.25) is 14.4 Å². The zero-order valence-electron chi connectivity index (χ0n) is 14.3. The van der Waals surface area contributed by atoms with Crippen LogP contribution in [0.3, 0.4) is 0 Å². The van der Waals surface area contributed by atoms with Gasteiger partial charge in [-0.05, 0) is 25.0 Å². The van der Waals surface area contributed by atoms with E-state index in [0.29, 0.717) is 43.1 Å². The first-order valence-electron chi connectivity index (χ1n) is 8.77. The minimum absolute atomic E-state index is 0.166. The van der Waals surface area contributed by atoms with Gasteiger partial charge in [0.25, 0.3) is 11.8 Å². The number of benzene rings is 1. The molecule has 1 aromatic rings. The van der Waals surface area contributed by atoms with Crippen LogP contribution in [-0.2, 0) is 9.59 Å². The Labute approximate surface area is 150 Å². The quantitative estimate of drug-likeness (QED) is 0.762. The number of hydrazone groups is 1. The van der Waals surface area contributed by atoms with Crippen LogP contribution in [0.15, 0.2) is 29.4 Å². The molecule has 1 fully saturated rings. The monoisotopic (exact) mass is 356 g/mol. The van der Waals surface area contributed by atoms with Crippen molar-refractivity contribution in [2.75, 3.05) is 19.6 Å². The molecular weight excluding hydrogens is 336 g/mol. The van der Waals surface area contributed by atoms with Crippen molar-refractivity contribution in [1.29, 1.82) is 0 Å². The molecule has 136 valence electrons. The highest BCUT2D eigenvalue weighted by atomic mass is 16.5. The molecule has 1 aromatic carbocycles. The first-order valence-corrected chi connectivity index (χ1v) is 8.77. The molecule has 0 radical (unpaired) electrons. The van der Waals surface area contributed by atoms with E-state index in [0.717, 1.165) is 12.8 Å². The normalized spacial score (nSPS) is 25.4. The Hall–Kier alpha value is -2.90. The highest BCUT2D eigenvalue weighted by molar-refractivity contribution is 6.39. The van der Waals surface area contributed by atoms with E-state index >= 15 is 0 Å². The van der Waals surface area contributed by atoms with Crippen LogP contribution in [0.1, 0.15) is 36.0 Å². The van der Waals surface area contributed by atoms with E-state index in [2.05, 4.69) is 15.8 Å². The minimum atomic E-state index is -0.658. The zero-order valence-corrected chi connectivity index (χ0v) is 14.3. The third-order valence-corrected chi connectivity index (χ3v) is 5.01. The summed E-state index contributed by atoms with van der Waals surface area (Å²) in [5, 5.41) is 6.82. The van der Waals surface area contributed by atoms with E-state index in [9.17, 15) is 14.4 Å². The van der Waals surface area contributed by atoms with Gasteiger partial charge in [0.1, 0.15) is 17.1 Å². The highest BCUT2D eigenvalue weighted by Crippen LogP contribution is 2.32. The average molecular weight is 356 g/mol. The number of nitrogens with zero attached hydrogens (tertiary/aromatic N) is 2. The molecule has 4 rings (SSSR count). The number of amides is 3. The Morgan fingerprint density at radius 3 is 2.88 bits per heavy atom. The fourth-order valence-electron chi connectivity index (χ4n) is 3.66. The number of nitrogens with one attached hydrogen (secondary N) is 2. The maximum atomic E-state index is 12.8.